The average Bonchev–Trinajstić information content (AvgIpc) is 2.69. The summed E-state index contributed by atoms with van der Waals surface area (Å²) in [4.78, 5) is 12.8. The largest absolute Gasteiger partial charge is 0.508 e. The van der Waals surface area contributed by atoms with Crippen LogP contribution >= 0.6 is 31.9 Å². The number of phenols is 1. The molecule has 1 aliphatic rings. The number of aliphatic hydroxyl groups is 1. The van der Waals surface area contributed by atoms with Gasteiger partial charge in [-0.15, -0.1) is 0 Å². The van der Waals surface area contributed by atoms with E-state index in [1.807, 2.05) is 12.1 Å². The van der Waals surface area contributed by atoms with Crippen LogP contribution in [0.2, 0.25) is 0 Å². The van der Waals surface area contributed by atoms with Crippen molar-refractivity contribution >= 4 is 43.3 Å². The van der Waals surface area contributed by atoms with Crippen LogP contribution in [0.15, 0.2) is 39.3 Å². The number of ketones is 1. The lowest BCUT2D eigenvalue weighted by Crippen LogP contribution is -2.36. The van der Waals surface area contributed by atoms with Gasteiger partial charge in [-0.05, 0) is 77.9 Å². The van der Waals surface area contributed by atoms with Crippen LogP contribution < -0.4 is 11.1 Å². The summed E-state index contributed by atoms with van der Waals surface area (Å²) in [6.07, 6.45) is 1.88. The van der Waals surface area contributed by atoms with Crippen molar-refractivity contribution in [2.24, 2.45) is 5.92 Å². The molecule has 3 rings (SSSR count). The third-order valence-electron chi connectivity index (χ3n) is 5.73. The number of nitrogen functional groups attached to an aromatic ring is 1. The highest BCUT2D eigenvalue weighted by atomic mass is 79.9. The van der Waals surface area contributed by atoms with E-state index in [2.05, 4.69) is 37.2 Å². The minimum atomic E-state index is -1.27. The van der Waals surface area contributed by atoms with E-state index in [0.29, 0.717) is 18.2 Å². The Bertz CT molecular complexity index is 876. The average molecular weight is 526 g/mol. The zero-order valence-corrected chi connectivity index (χ0v) is 19.5. The van der Waals surface area contributed by atoms with Crippen molar-refractivity contribution in [3.63, 3.8) is 0 Å². The van der Waals surface area contributed by atoms with Gasteiger partial charge >= 0.3 is 0 Å². The molecule has 0 bridgehead atoms. The van der Waals surface area contributed by atoms with Crippen LogP contribution in [0.25, 0.3) is 0 Å². The molecule has 1 fully saturated rings. The first-order chi connectivity index (χ1) is 13.8. The molecule has 0 radical (unpaired) electrons. The molecule has 1 unspecified atom stereocenters. The Morgan fingerprint density at radius 3 is 2.59 bits per heavy atom. The monoisotopic (exact) mass is 524 g/mol. The van der Waals surface area contributed by atoms with Crippen molar-refractivity contribution in [3.8, 4) is 5.75 Å². The first kappa shape index (κ1) is 22.3. The zero-order valence-electron chi connectivity index (χ0n) is 16.3. The van der Waals surface area contributed by atoms with Crippen LogP contribution in [-0.2, 0) is 11.3 Å². The number of Topliss-reactive ketones (excluding diaryl/α,β-unsaturated/α-hetero) is 1. The molecule has 156 valence electrons. The SMILES string of the molecule is Cc1cccc(O)c1C(O)C(=O)[C@H]1CC[C@H](NCc2cc(Br)cc(Br)c2N)CC1. The molecule has 1 aliphatic carbocycles. The van der Waals surface area contributed by atoms with Gasteiger partial charge in [0.15, 0.2) is 5.78 Å². The molecule has 7 heteroatoms. The normalized spacial score (nSPS) is 20.4. The van der Waals surface area contributed by atoms with E-state index < -0.39 is 6.10 Å². The molecule has 0 amide bonds. The van der Waals surface area contributed by atoms with Crippen LogP contribution in [0.5, 0.6) is 5.75 Å². The second-order valence-corrected chi connectivity index (χ2v) is 9.47. The minimum Gasteiger partial charge on any atom is -0.508 e. The molecular formula is C22H26Br2N2O3. The lowest BCUT2D eigenvalue weighted by atomic mass is 9.80. The molecule has 0 spiro atoms. The van der Waals surface area contributed by atoms with E-state index >= 15 is 0 Å². The number of halogens is 2. The Labute approximate surface area is 188 Å². The number of rotatable bonds is 6. The summed E-state index contributed by atoms with van der Waals surface area (Å²) in [6.45, 7) is 2.45. The maximum absolute atomic E-state index is 12.8. The van der Waals surface area contributed by atoms with E-state index in [1.165, 1.54) is 6.07 Å². The Hall–Kier alpha value is -1.41. The summed E-state index contributed by atoms with van der Waals surface area (Å²) in [5, 5.41) is 24.1. The smallest absolute Gasteiger partial charge is 0.169 e. The maximum Gasteiger partial charge on any atom is 0.169 e. The van der Waals surface area contributed by atoms with E-state index in [-0.39, 0.29) is 17.5 Å². The fourth-order valence-corrected chi connectivity index (χ4v) is 5.32. The molecule has 0 aromatic heterocycles. The highest BCUT2D eigenvalue weighted by Gasteiger charge is 2.32. The first-order valence-electron chi connectivity index (χ1n) is 9.75. The molecular weight excluding hydrogens is 500 g/mol. The molecule has 0 saturated heterocycles. The van der Waals surface area contributed by atoms with Gasteiger partial charge in [0.1, 0.15) is 11.9 Å². The number of hydrogen-bond donors (Lipinski definition) is 4. The summed E-state index contributed by atoms with van der Waals surface area (Å²) in [5.74, 6) is -0.417. The van der Waals surface area contributed by atoms with Crippen LogP contribution in [0.1, 0.15) is 48.5 Å². The van der Waals surface area contributed by atoms with Gasteiger partial charge in [0.05, 0.1) is 5.69 Å². The molecule has 5 nitrogen and oxygen atoms in total. The number of aromatic hydroxyl groups is 1. The number of aliphatic hydroxyl groups excluding tert-OH is 1. The van der Waals surface area contributed by atoms with Crippen LogP contribution in [0.4, 0.5) is 5.69 Å². The molecule has 1 atom stereocenters. The number of nitrogens with one attached hydrogen (secondary N) is 1. The van der Waals surface area contributed by atoms with Gasteiger partial charge in [-0.2, -0.15) is 0 Å². The van der Waals surface area contributed by atoms with Gasteiger partial charge < -0.3 is 21.3 Å². The standard InChI is InChI=1S/C22H26Br2N2O3/c1-12-3-2-4-18(27)19(12)22(29)21(28)13-5-7-16(8-6-13)26-11-14-9-15(23)10-17(24)20(14)25/h2-4,9-10,13,16,22,26-27,29H,5-8,11,25H2,1H3/t13-,16-,22?. The number of phenolic OH excluding ortho intramolecular Hbond substituents is 1. The van der Waals surface area contributed by atoms with Gasteiger partial charge in [0.25, 0.3) is 0 Å². The summed E-state index contributed by atoms with van der Waals surface area (Å²) >= 11 is 6.96. The van der Waals surface area contributed by atoms with E-state index in [9.17, 15) is 15.0 Å². The second-order valence-electron chi connectivity index (χ2n) is 7.70. The number of hydrogen-bond acceptors (Lipinski definition) is 5. The lowest BCUT2D eigenvalue weighted by Gasteiger charge is -2.30. The molecule has 2 aromatic rings. The van der Waals surface area contributed by atoms with Crippen molar-refractivity contribution in [3.05, 3.63) is 56.0 Å². The molecule has 2 aromatic carbocycles. The van der Waals surface area contributed by atoms with Crippen LogP contribution in [-0.4, -0.2) is 22.0 Å². The van der Waals surface area contributed by atoms with Gasteiger partial charge in [-0.25, -0.2) is 0 Å². The molecule has 29 heavy (non-hydrogen) atoms. The lowest BCUT2D eigenvalue weighted by molar-refractivity contribution is -0.132. The van der Waals surface area contributed by atoms with Crippen LogP contribution in [0.3, 0.4) is 0 Å². The van der Waals surface area contributed by atoms with Crippen molar-refractivity contribution in [1.29, 1.82) is 0 Å². The van der Waals surface area contributed by atoms with E-state index in [4.69, 9.17) is 5.73 Å². The topological polar surface area (TPSA) is 95.6 Å². The van der Waals surface area contributed by atoms with Crippen molar-refractivity contribution < 1.29 is 15.0 Å². The third kappa shape index (κ3) is 5.20. The molecule has 0 aliphatic heterocycles. The Kier molecular flexibility index (Phi) is 7.37. The van der Waals surface area contributed by atoms with Crippen molar-refractivity contribution in [2.75, 3.05) is 5.73 Å². The predicted molar refractivity (Wildman–Crippen MR) is 122 cm³/mol. The number of carbonyl (C=O) groups excluding carboxylic acids is 1. The number of aryl methyl sites for hydroxylation is 1. The van der Waals surface area contributed by atoms with E-state index in [0.717, 1.165) is 51.4 Å². The molecule has 5 N–H and O–H groups in total. The van der Waals surface area contributed by atoms with Crippen LogP contribution in [0, 0.1) is 12.8 Å². The summed E-state index contributed by atoms with van der Waals surface area (Å²) in [5.41, 5.74) is 8.94. The quantitative estimate of drug-likeness (QED) is 0.408. The fourth-order valence-electron chi connectivity index (χ4n) is 4.01. The van der Waals surface area contributed by atoms with Crippen molar-refractivity contribution in [2.45, 2.75) is 51.3 Å². The van der Waals surface area contributed by atoms with E-state index in [1.54, 1.807) is 19.1 Å². The number of anilines is 1. The highest BCUT2D eigenvalue weighted by Crippen LogP contribution is 2.34. The Morgan fingerprint density at radius 2 is 1.93 bits per heavy atom. The number of nitrogens with two attached hydrogens (primary N) is 1. The maximum atomic E-state index is 12.8. The van der Waals surface area contributed by atoms with Gasteiger partial charge in [-0.1, -0.05) is 28.1 Å². The van der Waals surface area contributed by atoms with Crippen molar-refractivity contribution in [1.82, 2.24) is 5.32 Å². The minimum absolute atomic E-state index is 0.0287. The number of carbonyl (C=O) groups is 1. The number of benzene rings is 2. The summed E-state index contributed by atoms with van der Waals surface area (Å²) < 4.78 is 1.84. The highest BCUT2D eigenvalue weighted by molar-refractivity contribution is 9.11. The Balaban J connectivity index is 1.56. The zero-order chi connectivity index (χ0) is 21.1. The first-order valence-corrected chi connectivity index (χ1v) is 11.3. The summed E-state index contributed by atoms with van der Waals surface area (Å²) in [7, 11) is 0. The van der Waals surface area contributed by atoms with Gasteiger partial charge in [0, 0.05) is 33.0 Å². The Morgan fingerprint density at radius 1 is 1.24 bits per heavy atom. The summed E-state index contributed by atoms with van der Waals surface area (Å²) in [6, 6.07) is 9.24. The van der Waals surface area contributed by atoms with Gasteiger partial charge in [-0.3, -0.25) is 4.79 Å². The molecule has 1 saturated carbocycles. The predicted octanol–water partition coefficient (Wildman–Crippen LogP) is 4.76. The second kappa shape index (κ2) is 9.60. The van der Waals surface area contributed by atoms with Gasteiger partial charge in [0.2, 0.25) is 0 Å². The third-order valence-corrected chi connectivity index (χ3v) is 6.85. The fraction of sp³-hybridized carbons (Fsp3) is 0.409. The molecule has 0 heterocycles.